The number of aliphatic imine (C=N–C) groups is 1. The first-order valence-electron chi connectivity index (χ1n) is 10.6. The highest BCUT2D eigenvalue weighted by Gasteiger charge is 2.16. The van der Waals surface area contributed by atoms with Crippen LogP contribution in [-0.2, 0) is 4.74 Å². The van der Waals surface area contributed by atoms with Gasteiger partial charge in [-0.05, 0) is 65.1 Å². The lowest BCUT2D eigenvalue weighted by Gasteiger charge is -2.28. The Morgan fingerprint density at radius 1 is 1.04 bits per heavy atom. The topological polar surface area (TPSA) is 48.9 Å². The normalized spacial score (nSPS) is 21.1. The lowest BCUT2D eigenvalue weighted by molar-refractivity contribution is 0.0468. The van der Waals surface area contributed by atoms with Crippen LogP contribution in [-0.4, -0.2) is 63.3 Å². The molecule has 1 heterocycles. The van der Waals surface area contributed by atoms with Crippen molar-refractivity contribution in [1.82, 2.24) is 15.5 Å². The lowest BCUT2D eigenvalue weighted by atomic mass is 9.94. The lowest BCUT2D eigenvalue weighted by Crippen LogP contribution is -2.39. The van der Waals surface area contributed by atoms with Crippen molar-refractivity contribution in [1.29, 1.82) is 0 Å². The van der Waals surface area contributed by atoms with E-state index in [-0.39, 0.29) is 24.0 Å². The number of hydrogen-bond donors (Lipinski definition) is 2. The SMILES string of the molecule is CCNC(=NCCC1CCN(C)CC1)NCCOC1CCCCCC1.I. The number of likely N-dealkylation sites (tertiary alicyclic amines) is 1. The van der Waals surface area contributed by atoms with E-state index in [2.05, 4.69) is 29.5 Å². The summed E-state index contributed by atoms with van der Waals surface area (Å²) in [5.41, 5.74) is 0. The van der Waals surface area contributed by atoms with Gasteiger partial charge in [0, 0.05) is 19.6 Å². The molecule has 0 unspecified atom stereocenters. The molecule has 26 heavy (non-hydrogen) atoms. The molecule has 0 amide bonds. The van der Waals surface area contributed by atoms with Gasteiger partial charge in [0.1, 0.15) is 0 Å². The Balaban J connectivity index is 0.00000338. The second-order valence-electron chi connectivity index (χ2n) is 7.71. The van der Waals surface area contributed by atoms with Crippen molar-refractivity contribution in [2.45, 2.75) is 70.8 Å². The number of nitrogens with one attached hydrogen (secondary N) is 2. The fraction of sp³-hybridized carbons (Fsp3) is 0.950. The van der Waals surface area contributed by atoms with Crippen LogP contribution in [0.2, 0.25) is 0 Å². The number of guanidine groups is 1. The van der Waals surface area contributed by atoms with Crippen molar-refractivity contribution >= 4 is 29.9 Å². The van der Waals surface area contributed by atoms with Gasteiger partial charge in [-0.1, -0.05) is 25.7 Å². The van der Waals surface area contributed by atoms with Gasteiger partial charge in [-0.2, -0.15) is 0 Å². The Bertz CT molecular complexity index is 365. The van der Waals surface area contributed by atoms with Gasteiger partial charge in [0.25, 0.3) is 0 Å². The largest absolute Gasteiger partial charge is 0.376 e. The van der Waals surface area contributed by atoms with Crippen molar-refractivity contribution in [3.8, 4) is 0 Å². The third kappa shape index (κ3) is 10.3. The molecule has 6 heteroatoms. The first kappa shape index (κ1) is 24.0. The molecule has 1 aliphatic carbocycles. The molecular weight excluding hydrogens is 439 g/mol. The zero-order valence-corrected chi connectivity index (χ0v) is 19.3. The number of nitrogens with zero attached hydrogens (tertiary/aromatic N) is 2. The highest BCUT2D eigenvalue weighted by molar-refractivity contribution is 14.0. The Morgan fingerprint density at radius 2 is 1.73 bits per heavy atom. The molecule has 0 bridgehead atoms. The minimum absolute atomic E-state index is 0. The van der Waals surface area contributed by atoms with E-state index in [1.165, 1.54) is 70.9 Å². The van der Waals surface area contributed by atoms with Gasteiger partial charge in [0.2, 0.25) is 0 Å². The second kappa shape index (κ2) is 14.9. The Labute approximate surface area is 178 Å². The fourth-order valence-corrected chi connectivity index (χ4v) is 3.86. The van der Waals surface area contributed by atoms with Gasteiger partial charge < -0.3 is 20.3 Å². The number of piperidine rings is 1. The summed E-state index contributed by atoms with van der Waals surface area (Å²) in [5.74, 6) is 1.79. The smallest absolute Gasteiger partial charge is 0.191 e. The highest BCUT2D eigenvalue weighted by atomic mass is 127. The van der Waals surface area contributed by atoms with Crippen LogP contribution in [0.3, 0.4) is 0 Å². The fourth-order valence-electron chi connectivity index (χ4n) is 3.86. The minimum Gasteiger partial charge on any atom is -0.376 e. The van der Waals surface area contributed by atoms with E-state index in [4.69, 9.17) is 9.73 Å². The van der Waals surface area contributed by atoms with Gasteiger partial charge in [-0.3, -0.25) is 4.99 Å². The molecule has 0 radical (unpaired) electrons. The van der Waals surface area contributed by atoms with E-state index in [9.17, 15) is 0 Å². The standard InChI is InChI=1S/C20H40N4O.HI/c1-3-21-20(22-13-10-18-11-15-24(2)16-12-18)23-14-17-25-19-8-6-4-5-7-9-19;/h18-19H,3-17H2,1-2H3,(H2,21,22,23);1H. The van der Waals surface area contributed by atoms with Crippen LogP contribution in [0.1, 0.15) is 64.7 Å². The Morgan fingerprint density at radius 3 is 2.38 bits per heavy atom. The van der Waals surface area contributed by atoms with E-state index in [0.717, 1.165) is 38.1 Å². The molecule has 0 spiro atoms. The number of ether oxygens (including phenoxy) is 1. The molecular formula is C20H41IN4O. The van der Waals surface area contributed by atoms with Crippen LogP contribution in [0.5, 0.6) is 0 Å². The molecule has 2 aliphatic rings. The zero-order valence-electron chi connectivity index (χ0n) is 17.0. The Kier molecular flexibility index (Phi) is 13.7. The number of halogens is 1. The van der Waals surface area contributed by atoms with Crippen molar-refractivity contribution in [3.63, 3.8) is 0 Å². The van der Waals surface area contributed by atoms with E-state index in [1.807, 2.05) is 0 Å². The monoisotopic (exact) mass is 480 g/mol. The molecule has 154 valence electrons. The summed E-state index contributed by atoms with van der Waals surface area (Å²) >= 11 is 0. The maximum absolute atomic E-state index is 6.05. The number of hydrogen-bond acceptors (Lipinski definition) is 3. The van der Waals surface area contributed by atoms with E-state index in [0.29, 0.717) is 6.10 Å². The van der Waals surface area contributed by atoms with E-state index < -0.39 is 0 Å². The summed E-state index contributed by atoms with van der Waals surface area (Å²) in [7, 11) is 2.22. The molecule has 0 aromatic heterocycles. The molecule has 0 atom stereocenters. The summed E-state index contributed by atoms with van der Waals surface area (Å²) in [6.45, 7) is 8.06. The third-order valence-electron chi connectivity index (χ3n) is 5.54. The Hall–Kier alpha value is -0.0800. The van der Waals surface area contributed by atoms with E-state index >= 15 is 0 Å². The molecule has 2 rings (SSSR count). The van der Waals surface area contributed by atoms with Crippen molar-refractivity contribution in [2.75, 3.05) is 46.4 Å². The predicted molar refractivity (Wildman–Crippen MR) is 122 cm³/mol. The molecule has 5 nitrogen and oxygen atoms in total. The molecule has 2 N–H and O–H groups in total. The van der Waals surface area contributed by atoms with E-state index in [1.54, 1.807) is 0 Å². The van der Waals surface area contributed by atoms with Crippen LogP contribution >= 0.6 is 24.0 Å². The van der Waals surface area contributed by atoms with Crippen LogP contribution in [0.4, 0.5) is 0 Å². The molecule has 1 aliphatic heterocycles. The summed E-state index contributed by atoms with van der Waals surface area (Å²) < 4.78 is 6.05. The van der Waals surface area contributed by atoms with Gasteiger partial charge in [-0.15, -0.1) is 24.0 Å². The maximum Gasteiger partial charge on any atom is 0.191 e. The average Bonchev–Trinajstić information content (AvgIpc) is 2.89. The molecule has 0 aromatic rings. The summed E-state index contributed by atoms with van der Waals surface area (Å²) in [6.07, 6.45) is 12.3. The summed E-state index contributed by atoms with van der Waals surface area (Å²) in [4.78, 5) is 7.18. The second-order valence-corrected chi connectivity index (χ2v) is 7.71. The average molecular weight is 480 g/mol. The first-order valence-corrected chi connectivity index (χ1v) is 10.6. The molecule has 2 fully saturated rings. The third-order valence-corrected chi connectivity index (χ3v) is 5.54. The van der Waals surface area contributed by atoms with Crippen molar-refractivity contribution in [3.05, 3.63) is 0 Å². The quantitative estimate of drug-likeness (QED) is 0.183. The summed E-state index contributed by atoms with van der Waals surface area (Å²) in [6, 6.07) is 0. The minimum atomic E-state index is 0. The van der Waals surface area contributed by atoms with Crippen molar-refractivity contribution < 1.29 is 4.74 Å². The molecule has 1 saturated carbocycles. The zero-order chi connectivity index (χ0) is 17.7. The van der Waals surface area contributed by atoms with Gasteiger partial charge in [-0.25, -0.2) is 0 Å². The molecule has 1 saturated heterocycles. The predicted octanol–water partition coefficient (Wildman–Crippen LogP) is 3.63. The van der Waals surface area contributed by atoms with Crippen LogP contribution in [0.15, 0.2) is 4.99 Å². The van der Waals surface area contributed by atoms with Gasteiger partial charge in [0.05, 0.1) is 12.7 Å². The van der Waals surface area contributed by atoms with Crippen LogP contribution in [0, 0.1) is 5.92 Å². The van der Waals surface area contributed by atoms with Crippen molar-refractivity contribution in [2.24, 2.45) is 10.9 Å². The van der Waals surface area contributed by atoms with Gasteiger partial charge in [0.15, 0.2) is 5.96 Å². The highest BCUT2D eigenvalue weighted by Crippen LogP contribution is 2.20. The maximum atomic E-state index is 6.05. The van der Waals surface area contributed by atoms with Gasteiger partial charge >= 0.3 is 0 Å². The van der Waals surface area contributed by atoms with Crippen LogP contribution < -0.4 is 10.6 Å². The van der Waals surface area contributed by atoms with Crippen LogP contribution in [0.25, 0.3) is 0 Å². The number of rotatable bonds is 8. The molecule has 0 aromatic carbocycles. The first-order chi connectivity index (χ1) is 12.3. The summed E-state index contributed by atoms with van der Waals surface area (Å²) in [5, 5.41) is 6.78.